The molecule has 28 heavy (non-hydrogen) atoms. The molecular weight excluding hydrogens is 376 g/mol. The Morgan fingerprint density at radius 3 is 2.71 bits per heavy atom. The smallest absolute Gasteiger partial charge is 0.222 e. The highest BCUT2D eigenvalue weighted by atomic mass is 32.1. The number of ether oxygens (including phenoxy) is 1. The first-order valence-corrected chi connectivity index (χ1v) is 10.0. The van der Waals surface area contributed by atoms with Crippen molar-refractivity contribution in [1.29, 1.82) is 0 Å². The monoisotopic (exact) mass is 398 g/mol. The lowest BCUT2D eigenvalue weighted by atomic mass is 10.1. The van der Waals surface area contributed by atoms with Crippen LogP contribution in [0.15, 0.2) is 18.3 Å². The number of fused-ring (bicyclic) bond motifs is 1. The zero-order valence-electron chi connectivity index (χ0n) is 16.1. The lowest BCUT2D eigenvalue weighted by Gasteiger charge is -2.33. The summed E-state index contributed by atoms with van der Waals surface area (Å²) in [5.74, 6) is 1.25. The molecule has 9 heteroatoms. The summed E-state index contributed by atoms with van der Waals surface area (Å²) in [6.07, 6.45) is 3.92. The number of carbonyl (C=O) groups excluding carboxylic acids is 1. The van der Waals surface area contributed by atoms with Crippen LogP contribution in [0, 0.1) is 6.92 Å². The maximum Gasteiger partial charge on any atom is 0.222 e. The minimum Gasteiger partial charge on any atom is -0.381 e. The maximum atomic E-state index is 11.4. The molecule has 0 aromatic carbocycles. The summed E-state index contributed by atoms with van der Waals surface area (Å²) in [5, 5.41) is 13.9. The van der Waals surface area contributed by atoms with Crippen LogP contribution in [0.5, 0.6) is 0 Å². The number of methoxy groups -OCH3 is 1. The standard InChI is InChI=1S/C19H22N6O2S/c1-11(26)21-17-9-13-8-15(19-24-23-12(2)28-19)18(22-16(13)10-20-17)25-6-4-14(27-3)5-7-25/h8-10,14H,4-7H2,1-3H3,(H,20,21,26). The van der Waals surface area contributed by atoms with Crippen molar-refractivity contribution in [3.8, 4) is 10.6 Å². The second kappa shape index (κ2) is 7.76. The summed E-state index contributed by atoms with van der Waals surface area (Å²) in [6.45, 7) is 5.16. The van der Waals surface area contributed by atoms with E-state index in [9.17, 15) is 4.79 Å². The van der Waals surface area contributed by atoms with E-state index in [-0.39, 0.29) is 5.91 Å². The fraction of sp³-hybridized carbons (Fsp3) is 0.421. The molecular formula is C19H22N6O2S. The first-order valence-electron chi connectivity index (χ1n) is 9.20. The van der Waals surface area contributed by atoms with E-state index in [0.29, 0.717) is 11.9 Å². The van der Waals surface area contributed by atoms with Crippen molar-refractivity contribution in [2.45, 2.75) is 32.8 Å². The van der Waals surface area contributed by atoms with Crippen LogP contribution in [0.4, 0.5) is 11.6 Å². The van der Waals surface area contributed by atoms with Gasteiger partial charge in [0.1, 0.15) is 16.6 Å². The summed E-state index contributed by atoms with van der Waals surface area (Å²) in [5.41, 5.74) is 1.73. The number of piperidine rings is 1. The predicted molar refractivity (Wildman–Crippen MR) is 110 cm³/mol. The van der Waals surface area contributed by atoms with Crippen LogP contribution < -0.4 is 10.2 Å². The van der Waals surface area contributed by atoms with Gasteiger partial charge in [-0.05, 0) is 31.9 Å². The fourth-order valence-electron chi connectivity index (χ4n) is 3.42. The van der Waals surface area contributed by atoms with Crippen LogP contribution >= 0.6 is 11.3 Å². The lowest BCUT2D eigenvalue weighted by molar-refractivity contribution is -0.114. The van der Waals surface area contributed by atoms with E-state index in [1.165, 1.54) is 6.92 Å². The van der Waals surface area contributed by atoms with E-state index in [1.807, 2.05) is 13.0 Å². The Labute approximate surface area is 167 Å². The van der Waals surface area contributed by atoms with Gasteiger partial charge in [0.05, 0.1) is 23.4 Å². The van der Waals surface area contributed by atoms with Gasteiger partial charge in [-0.3, -0.25) is 4.79 Å². The molecule has 0 saturated carbocycles. The van der Waals surface area contributed by atoms with E-state index in [0.717, 1.165) is 58.2 Å². The Kier molecular flexibility index (Phi) is 5.19. The summed E-state index contributed by atoms with van der Waals surface area (Å²) < 4.78 is 5.50. The van der Waals surface area contributed by atoms with Crippen molar-refractivity contribution < 1.29 is 9.53 Å². The zero-order valence-corrected chi connectivity index (χ0v) is 16.9. The number of rotatable bonds is 4. The van der Waals surface area contributed by atoms with Gasteiger partial charge >= 0.3 is 0 Å². The van der Waals surface area contributed by atoms with Crippen molar-refractivity contribution in [2.24, 2.45) is 0 Å². The van der Waals surface area contributed by atoms with Gasteiger partial charge in [0.25, 0.3) is 0 Å². The van der Waals surface area contributed by atoms with Crippen molar-refractivity contribution >= 4 is 39.8 Å². The van der Waals surface area contributed by atoms with E-state index in [1.54, 1.807) is 24.6 Å². The number of nitrogens with one attached hydrogen (secondary N) is 1. The molecule has 0 aliphatic carbocycles. The maximum absolute atomic E-state index is 11.4. The second-order valence-electron chi connectivity index (χ2n) is 6.85. The Morgan fingerprint density at radius 2 is 2.07 bits per heavy atom. The highest BCUT2D eigenvalue weighted by molar-refractivity contribution is 7.14. The van der Waals surface area contributed by atoms with E-state index >= 15 is 0 Å². The third kappa shape index (κ3) is 3.81. The molecule has 1 fully saturated rings. The molecule has 1 amide bonds. The molecule has 1 aliphatic heterocycles. The van der Waals surface area contributed by atoms with E-state index in [4.69, 9.17) is 9.72 Å². The van der Waals surface area contributed by atoms with Gasteiger partial charge in [-0.1, -0.05) is 11.3 Å². The van der Waals surface area contributed by atoms with Crippen LogP contribution in [-0.4, -0.2) is 52.4 Å². The summed E-state index contributed by atoms with van der Waals surface area (Å²) in [7, 11) is 1.77. The molecule has 146 valence electrons. The topological polar surface area (TPSA) is 93.1 Å². The third-order valence-electron chi connectivity index (χ3n) is 4.82. The number of pyridine rings is 2. The Morgan fingerprint density at radius 1 is 1.29 bits per heavy atom. The summed E-state index contributed by atoms with van der Waals surface area (Å²) in [4.78, 5) is 22.8. The van der Waals surface area contributed by atoms with Gasteiger partial charge in [0, 0.05) is 32.5 Å². The molecule has 0 radical (unpaired) electrons. The van der Waals surface area contributed by atoms with Crippen LogP contribution in [0.1, 0.15) is 24.8 Å². The minimum atomic E-state index is -0.155. The van der Waals surface area contributed by atoms with Gasteiger partial charge in [0.2, 0.25) is 5.91 Å². The van der Waals surface area contributed by atoms with Crippen molar-refractivity contribution in [2.75, 3.05) is 30.4 Å². The molecule has 8 nitrogen and oxygen atoms in total. The largest absolute Gasteiger partial charge is 0.381 e. The van der Waals surface area contributed by atoms with Gasteiger partial charge in [-0.25, -0.2) is 9.97 Å². The van der Waals surface area contributed by atoms with Crippen LogP contribution in [0.2, 0.25) is 0 Å². The molecule has 1 aliphatic rings. The van der Waals surface area contributed by atoms with Gasteiger partial charge in [-0.2, -0.15) is 0 Å². The number of amides is 1. The predicted octanol–water partition coefficient (Wildman–Crippen LogP) is 3.03. The number of carbonyl (C=O) groups is 1. The van der Waals surface area contributed by atoms with Crippen molar-refractivity contribution in [3.63, 3.8) is 0 Å². The summed E-state index contributed by atoms with van der Waals surface area (Å²) in [6, 6.07) is 3.90. The molecule has 3 aromatic heterocycles. The van der Waals surface area contributed by atoms with E-state index < -0.39 is 0 Å². The Hall–Kier alpha value is -2.65. The lowest BCUT2D eigenvalue weighted by Crippen LogP contribution is -2.37. The summed E-state index contributed by atoms with van der Waals surface area (Å²) >= 11 is 1.55. The number of anilines is 2. The molecule has 3 aromatic rings. The van der Waals surface area contributed by atoms with Gasteiger partial charge < -0.3 is 15.0 Å². The van der Waals surface area contributed by atoms with E-state index in [2.05, 4.69) is 31.5 Å². The molecule has 4 heterocycles. The number of hydrogen-bond acceptors (Lipinski definition) is 8. The highest BCUT2D eigenvalue weighted by Crippen LogP contribution is 2.35. The molecule has 0 atom stereocenters. The molecule has 0 bridgehead atoms. The first kappa shape index (κ1) is 18.7. The quantitative estimate of drug-likeness (QED) is 0.722. The van der Waals surface area contributed by atoms with Crippen LogP contribution in [0.3, 0.4) is 0 Å². The highest BCUT2D eigenvalue weighted by Gasteiger charge is 2.24. The number of aryl methyl sites for hydroxylation is 1. The molecule has 0 unspecified atom stereocenters. The first-order chi connectivity index (χ1) is 13.5. The SMILES string of the molecule is COC1CCN(c2nc3cnc(NC(C)=O)cc3cc2-c2nnc(C)s2)CC1. The zero-order chi connectivity index (χ0) is 19.7. The molecule has 1 saturated heterocycles. The number of nitrogens with zero attached hydrogens (tertiary/aromatic N) is 5. The Bertz CT molecular complexity index is 1010. The molecule has 0 spiro atoms. The average molecular weight is 398 g/mol. The third-order valence-corrected chi connectivity index (χ3v) is 5.69. The van der Waals surface area contributed by atoms with Gasteiger partial charge in [0.15, 0.2) is 5.01 Å². The minimum absolute atomic E-state index is 0.155. The van der Waals surface area contributed by atoms with Gasteiger partial charge in [-0.15, -0.1) is 10.2 Å². The average Bonchev–Trinajstić information content (AvgIpc) is 3.13. The second-order valence-corrected chi connectivity index (χ2v) is 8.03. The molecule has 4 rings (SSSR count). The van der Waals surface area contributed by atoms with Crippen molar-refractivity contribution in [3.05, 3.63) is 23.3 Å². The fourth-order valence-corrected chi connectivity index (χ4v) is 4.13. The Balaban J connectivity index is 1.79. The van der Waals surface area contributed by atoms with Crippen LogP contribution in [0.25, 0.3) is 21.5 Å². The van der Waals surface area contributed by atoms with Crippen LogP contribution in [-0.2, 0) is 9.53 Å². The number of hydrogen-bond donors (Lipinski definition) is 1. The normalized spacial score (nSPS) is 15.2. The van der Waals surface area contributed by atoms with Crippen molar-refractivity contribution in [1.82, 2.24) is 20.2 Å². The number of aromatic nitrogens is 4. The molecule has 1 N–H and O–H groups in total.